The fourth-order valence-corrected chi connectivity index (χ4v) is 3.32. The van der Waals surface area contributed by atoms with Crippen molar-refractivity contribution in [1.29, 1.82) is 0 Å². The fourth-order valence-electron chi connectivity index (χ4n) is 2.54. The summed E-state index contributed by atoms with van der Waals surface area (Å²) in [6, 6.07) is -0.169. The van der Waals surface area contributed by atoms with Crippen LogP contribution in [0.15, 0.2) is 0 Å². The topological polar surface area (TPSA) is 84.2 Å². The van der Waals surface area contributed by atoms with Crippen molar-refractivity contribution in [3.63, 3.8) is 0 Å². The molecule has 1 saturated carbocycles. The van der Waals surface area contributed by atoms with Gasteiger partial charge in [0.25, 0.3) is 5.82 Å². The van der Waals surface area contributed by atoms with Crippen LogP contribution >= 0.6 is 11.3 Å². The largest absolute Gasteiger partial charge is 0.453 e. The predicted molar refractivity (Wildman–Crippen MR) is 75.9 cm³/mol. The average molecular weight is 348 g/mol. The number of carbonyl (C=O) groups is 1. The van der Waals surface area contributed by atoms with Crippen LogP contribution in [0.1, 0.15) is 42.9 Å². The third-order valence-electron chi connectivity index (χ3n) is 3.63. The highest BCUT2D eigenvalue weighted by Crippen LogP contribution is 2.28. The number of carbonyl (C=O) groups excluding carboxylic acids is 1. The predicted octanol–water partition coefficient (Wildman–Crippen LogP) is 2.34. The zero-order valence-corrected chi connectivity index (χ0v) is 12.9. The van der Waals surface area contributed by atoms with E-state index in [0.717, 1.165) is 37.0 Å². The number of hydrogen-bond acceptors (Lipinski definition) is 5. The maximum absolute atomic E-state index is 12.7. The van der Waals surface area contributed by atoms with Gasteiger partial charge in [0, 0.05) is 6.04 Å². The van der Waals surface area contributed by atoms with Crippen LogP contribution < -0.4 is 10.6 Å². The molecule has 3 rings (SSSR count). The zero-order valence-electron chi connectivity index (χ0n) is 12.1. The van der Waals surface area contributed by atoms with Crippen molar-refractivity contribution in [2.24, 2.45) is 0 Å². The maximum atomic E-state index is 12.7. The standard InChI is InChI=1S/C12H15F3N6OS/c13-12(14,15)9-18-19-11-21(9)20-8(23-11)6-16-10(22)17-7-4-2-1-3-5-7/h7H,1-6H2,(H2,16,17,22). The Bertz CT molecular complexity index is 691. The molecule has 0 aliphatic heterocycles. The third kappa shape index (κ3) is 3.71. The SMILES string of the molecule is O=C(NCc1nn2c(C(F)(F)F)nnc2s1)NC1CCCCC1. The van der Waals surface area contributed by atoms with Gasteiger partial charge in [-0.1, -0.05) is 30.6 Å². The monoisotopic (exact) mass is 348 g/mol. The van der Waals surface area contributed by atoms with E-state index in [0.29, 0.717) is 9.52 Å². The summed E-state index contributed by atoms with van der Waals surface area (Å²) in [7, 11) is 0. The molecule has 2 aromatic rings. The molecule has 1 aliphatic rings. The average Bonchev–Trinajstić information content (AvgIpc) is 3.04. The minimum absolute atomic E-state index is 0.0433. The summed E-state index contributed by atoms with van der Waals surface area (Å²) in [5.74, 6) is -1.17. The number of amides is 2. The molecule has 0 saturated heterocycles. The van der Waals surface area contributed by atoms with E-state index in [-0.39, 0.29) is 23.6 Å². The van der Waals surface area contributed by atoms with Crippen LogP contribution in [0.4, 0.5) is 18.0 Å². The lowest BCUT2D eigenvalue weighted by Gasteiger charge is -2.22. The van der Waals surface area contributed by atoms with Crippen LogP contribution in [0.3, 0.4) is 0 Å². The minimum atomic E-state index is -4.61. The van der Waals surface area contributed by atoms with Crippen LogP contribution in [-0.4, -0.2) is 31.9 Å². The molecule has 126 valence electrons. The normalized spacial score (nSPS) is 16.7. The highest BCUT2D eigenvalue weighted by atomic mass is 32.1. The molecular weight excluding hydrogens is 333 g/mol. The van der Waals surface area contributed by atoms with E-state index in [1.54, 1.807) is 0 Å². The molecular formula is C12H15F3N6OS. The molecule has 2 heterocycles. The molecule has 0 aromatic carbocycles. The fraction of sp³-hybridized carbons (Fsp3) is 0.667. The molecule has 0 atom stereocenters. The summed E-state index contributed by atoms with van der Waals surface area (Å²) >= 11 is 0.958. The second kappa shape index (κ2) is 6.30. The van der Waals surface area contributed by atoms with Crippen LogP contribution in [-0.2, 0) is 12.7 Å². The summed E-state index contributed by atoms with van der Waals surface area (Å²) in [6.45, 7) is 0.0455. The van der Waals surface area contributed by atoms with Gasteiger partial charge in [0.1, 0.15) is 5.01 Å². The lowest BCUT2D eigenvalue weighted by atomic mass is 9.96. The van der Waals surface area contributed by atoms with Crippen molar-refractivity contribution in [2.45, 2.75) is 50.9 Å². The number of aromatic nitrogens is 4. The van der Waals surface area contributed by atoms with E-state index < -0.39 is 12.0 Å². The Morgan fingerprint density at radius 2 is 2.00 bits per heavy atom. The summed E-state index contributed by atoms with van der Waals surface area (Å²) in [5.41, 5.74) is 0. The van der Waals surface area contributed by atoms with Crippen molar-refractivity contribution >= 4 is 22.3 Å². The van der Waals surface area contributed by atoms with Crippen LogP contribution in [0.25, 0.3) is 4.96 Å². The van der Waals surface area contributed by atoms with Gasteiger partial charge in [-0.3, -0.25) is 0 Å². The molecule has 2 amide bonds. The minimum Gasteiger partial charge on any atom is -0.335 e. The van der Waals surface area contributed by atoms with E-state index in [4.69, 9.17) is 0 Å². The lowest BCUT2D eigenvalue weighted by Crippen LogP contribution is -2.42. The second-order valence-electron chi connectivity index (χ2n) is 5.37. The Kier molecular flexibility index (Phi) is 4.37. The molecule has 0 radical (unpaired) electrons. The van der Waals surface area contributed by atoms with Gasteiger partial charge in [0.05, 0.1) is 6.54 Å². The van der Waals surface area contributed by atoms with Gasteiger partial charge in [-0.15, -0.1) is 10.2 Å². The molecule has 0 unspecified atom stereocenters. The molecule has 2 aromatic heterocycles. The molecule has 1 fully saturated rings. The van der Waals surface area contributed by atoms with Gasteiger partial charge in [-0.25, -0.2) is 4.79 Å². The summed E-state index contributed by atoms with van der Waals surface area (Å²) in [6.07, 6.45) is 0.687. The number of fused-ring (bicyclic) bond motifs is 1. The van der Waals surface area contributed by atoms with Gasteiger partial charge in [0.2, 0.25) is 4.96 Å². The Morgan fingerprint density at radius 3 is 2.70 bits per heavy atom. The highest BCUT2D eigenvalue weighted by Gasteiger charge is 2.38. The van der Waals surface area contributed by atoms with E-state index >= 15 is 0 Å². The van der Waals surface area contributed by atoms with E-state index in [1.807, 2.05) is 0 Å². The summed E-state index contributed by atoms with van der Waals surface area (Å²) in [4.78, 5) is 11.8. The van der Waals surface area contributed by atoms with E-state index in [2.05, 4.69) is 25.9 Å². The molecule has 11 heteroatoms. The lowest BCUT2D eigenvalue weighted by molar-refractivity contribution is -0.146. The molecule has 0 spiro atoms. The van der Waals surface area contributed by atoms with Gasteiger partial charge in [-0.05, 0) is 12.8 Å². The Labute approximate surface area is 133 Å². The Hall–Kier alpha value is -1.91. The van der Waals surface area contributed by atoms with Crippen molar-refractivity contribution in [3.05, 3.63) is 10.8 Å². The first-order chi connectivity index (χ1) is 10.9. The number of halogens is 3. The van der Waals surface area contributed by atoms with E-state index in [1.165, 1.54) is 6.42 Å². The van der Waals surface area contributed by atoms with Crippen LogP contribution in [0.5, 0.6) is 0 Å². The molecule has 23 heavy (non-hydrogen) atoms. The molecule has 1 aliphatic carbocycles. The first-order valence-electron chi connectivity index (χ1n) is 7.26. The van der Waals surface area contributed by atoms with E-state index in [9.17, 15) is 18.0 Å². The Morgan fingerprint density at radius 1 is 1.26 bits per heavy atom. The maximum Gasteiger partial charge on any atom is 0.453 e. The second-order valence-corrected chi connectivity index (χ2v) is 6.41. The molecule has 2 N–H and O–H groups in total. The van der Waals surface area contributed by atoms with Crippen molar-refractivity contribution in [2.75, 3.05) is 0 Å². The third-order valence-corrected chi connectivity index (χ3v) is 4.53. The summed E-state index contributed by atoms with van der Waals surface area (Å²) in [5, 5.41) is 16.1. The number of urea groups is 1. The quantitative estimate of drug-likeness (QED) is 0.892. The number of alkyl halides is 3. The number of hydrogen-bond donors (Lipinski definition) is 2. The highest BCUT2D eigenvalue weighted by molar-refractivity contribution is 7.16. The van der Waals surface area contributed by atoms with Crippen molar-refractivity contribution < 1.29 is 18.0 Å². The van der Waals surface area contributed by atoms with Crippen molar-refractivity contribution in [1.82, 2.24) is 30.4 Å². The van der Waals surface area contributed by atoms with Gasteiger partial charge >= 0.3 is 12.2 Å². The Balaban J connectivity index is 1.59. The molecule has 0 bridgehead atoms. The van der Waals surface area contributed by atoms with Crippen LogP contribution in [0, 0.1) is 0 Å². The molecule has 7 nitrogen and oxygen atoms in total. The van der Waals surface area contributed by atoms with Crippen LogP contribution in [0.2, 0.25) is 0 Å². The first-order valence-corrected chi connectivity index (χ1v) is 8.08. The number of rotatable bonds is 3. The summed E-state index contributed by atoms with van der Waals surface area (Å²) < 4.78 is 38.7. The van der Waals surface area contributed by atoms with Gasteiger partial charge in [-0.2, -0.15) is 22.8 Å². The van der Waals surface area contributed by atoms with Gasteiger partial charge in [0.15, 0.2) is 0 Å². The number of nitrogens with zero attached hydrogens (tertiary/aromatic N) is 4. The zero-order chi connectivity index (χ0) is 16.4. The van der Waals surface area contributed by atoms with Crippen molar-refractivity contribution in [3.8, 4) is 0 Å². The smallest absolute Gasteiger partial charge is 0.335 e. The number of nitrogens with one attached hydrogen (secondary N) is 2. The first kappa shape index (κ1) is 16.0. The van der Waals surface area contributed by atoms with Gasteiger partial charge < -0.3 is 10.6 Å².